The van der Waals surface area contributed by atoms with Crippen LogP contribution in [0.5, 0.6) is 0 Å². The van der Waals surface area contributed by atoms with Crippen molar-refractivity contribution in [3.63, 3.8) is 0 Å². The number of hydrogen-bond donors (Lipinski definition) is 0. The average Bonchev–Trinajstić information content (AvgIpc) is 3.67. The summed E-state index contributed by atoms with van der Waals surface area (Å²) >= 11 is 6.72. The van der Waals surface area contributed by atoms with Crippen LogP contribution in [0.25, 0.3) is 15.6 Å². The Hall–Kier alpha value is -5.06. The Kier molecular flexibility index (Phi) is 8.92. The summed E-state index contributed by atoms with van der Waals surface area (Å²) in [4.78, 5) is 36.5. The van der Waals surface area contributed by atoms with E-state index in [-0.39, 0.29) is 23.4 Å². The van der Waals surface area contributed by atoms with E-state index in [1.807, 2.05) is 24.3 Å². The van der Waals surface area contributed by atoms with Gasteiger partial charge in [0.05, 0.1) is 22.2 Å². The van der Waals surface area contributed by atoms with Crippen molar-refractivity contribution in [2.75, 3.05) is 42.5 Å². The van der Waals surface area contributed by atoms with Gasteiger partial charge in [0, 0.05) is 56.2 Å². The molecule has 4 heterocycles. The first-order chi connectivity index (χ1) is 23.7. The van der Waals surface area contributed by atoms with Gasteiger partial charge in [-0.1, -0.05) is 54.1 Å². The van der Waals surface area contributed by atoms with Crippen molar-refractivity contribution in [1.82, 2.24) is 29.0 Å². The van der Waals surface area contributed by atoms with Crippen LogP contribution in [-0.4, -0.2) is 82.1 Å². The van der Waals surface area contributed by atoms with E-state index in [9.17, 15) is 13.2 Å². The second kappa shape index (κ2) is 13.4. The van der Waals surface area contributed by atoms with Gasteiger partial charge >= 0.3 is 0 Å². The van der Waals surface area contributed by atoms with Crippen molar-refractivity contribution in [1.29, 1.82) is 0 Å². The standard InChI is InChI=1S/C35H34ClN9O3S/c1-24(46)44-18-17-43(20-27(44)19-37-2)35-28-15-16-42(31-11-6-9-26-8-5-10-29(36)34(26)31)21-30(28)40-33(41-35)14-13-25-7-3-4-12-32(25)49(47,48)45-23-38-22-39-45/h3-12,22-23,27H,13-21H2,1H3/t27-/m0/s1. The molecule has 2 aliphatic rings. The molecule has 0 bridgehead atoms. The molecule has 0 unspecified atom stereocenters. The maximum absolute atomic E-state index is 13.4. The minimum atomic E-state index is -3.93. The van der Waals surface area contributed by atoms with Crippen molar-refractivity contribution in [2.45, 2.75) is 43.7 Å². The zero-order valence-corrected chi connectivity index (χ0v) is 28.5. The topological polar surface area (TPSA) is 122 Å². The number of halogens is 1. The highest BCUT2D eigenvalue weighted by atomic mass is 35.5. The van der Waals surface area contributed by atoms with Crippen LogP contribution in [-0.2, 0) is 40.6 Å². The zero-order chi connectivity index (χ0) is 34.1. The van der Waals surface area contributed by atoms with Crippen molar-refractivity contribution >= 4 is 49.8 Å². The highest BCUT2D eigenvalue weighted by molar-refractivity contribution is 7.89. The minimum absolute atomic E-state index is 0.0393. The molecule has 49 heavy (non-hydrogen) atoms. The molecule has 14 heteroatoms. The van der Waals surface area contributed by atoms with Crippen LogP contribution in [0.2, 0.25) is 5.02 Å². The maximum Gasteiger partial charge on any atom is 0.284 e. The third-order valence-corrected chi connectivity index (χ3v) is 11.2. The monoisotopic (exact) mass is 695 g/mol. The number of nitrogens with zero attached hydrogens (tertiary/aromatic N) is 9. The number of aryl methyl sites for hydroxylation is 2. The Morgan fingerprint density at radius 3 is 2.59 bits per heavy atom. The number of aromatic nitrogens is 5. The highest BCUT2D eigenvalue weighted by Crippen LogP contribution is 2.37. The van der Waals surface area contributed by atoms with Gasteiger partial charge in [-0.25, -0.2) is 21.5 Å². The Balaban J connectivity index is 1.25. The lowest BCUT2D eigenvalue weighted by molar-refractivity contribution is -0.131. The smallest absolute Gasteiger partial charge is 0.284 e. The van der Waals surface area contributed by atoms with Crippen LogP contribution in [0.1, 0.15) is 29.6 Å². The fourth-order valence-corrected chi connectivity index (χ4v) is 8.51. The first kappa shape index (κ1) is 32.5. The second-order valence-electron chi connectivity index (χ2n) is 12.2. The van der Waals surface area contributed by atoms with Crippen LogP contribution in [0.3, 0.4) is 0 Å². The van der Waals surface area contributed by atoms with Gasteiger partial charge < -0.3 is 19.5 Å². The van der Waals surface area contributed by atoms with Gasteiger partial charge in [-0.05, 0) is 42.0 Å². The molecule has 0 saturated carbocycles. The van der Waals surface area contributed by atoms with Crippen molar-refractivity contribution < 1.29 is 13.2 Å². The molecule has 3 aromatic carbocycles. The zero-order valence-electron chi connectivity index (χ0n) is 26.9. The van der Waals surface area contributed by atoms with Gasteiger partial charge in [0.2, 0.25) is 12.5 Å². The van der Waals surface area contributed by atoms with E-state index in [1.165, 1.54) is 12.7 Å². The molecule has 7 rings (SSSR count). The fraction of sp³-hybridized carbons (Fsp3) is 0.314. The van der Waals surface area contributed by atoms with Crippen molar-refractivity contribution in [2.24, 2.45) is 0 Å². The summed E-state index contributed by atoms with van der Waals surface area (Å²) < 4.78 is 27.6. The summed E-state index contributed by atoms with van der Waals surface area (Å²) in [5, 5.41) is 6.61. The normalized spacial score (nSPS) is 16.4. The average molecular weight is 696 g/mol. The van der Waals surface area contributed by atoms with Gasteiger partial charge in [-0.15, -0.1) is 9.19 Å². The SMILES string of the molecule is [C-]#[N+]C[C@H]1CN(c2nc(CCc3ccccc3S(=O)(=O)n3cncn3)nc3c2CCN(c2cccc4cccc(Cl)c24)C3)CCN1C(C)=O. The Labute approximate surface area is 289 Å². The molecule has 1 amide bonds. The van der Waals surface area contributed by atoms with E-state index in [0.717, 1.165) is 44.2 Å². The van der Waals surface area contributed by atoms with Gasteiger partial charge in [-0.3, -0.25) is 4.79 Å². The molecule has 0 N–H and O–H groups in total. The molecule has 250 valence electrons. The number of hydrogen-bond acceptors (Lipinski definition) is 9. The summed E-state index contributed by atoms with van der Waals surface area (Å²) in [7, 11) is -3.93. The first-order valence-electron chi connectivity index (χ1n) is 16.1. The van der Waals surface area contributed by atoms with Gasteiger partial charge in [0.1, 0.15) is 30.3 Å². The number of piperazine rings is 1. The largest absolute Gasteiger partial charge is 0.365 e. The highest BCUT2D eigenvalue weighted by Gasteiger charge is 2.34. The number of benzene rings is 3. The van der Waals surface area contributed by atoms with Crippen molar-refractivity contribution in [3.05, 3.63) is 112 Å². The predicted molar refractivity (Wildman–Crippen MR) is 187 cm³/mol. The molecular formula is C35H34ClN9O3S. The lowest BCUT2D eigenvalue weighted by atomic mass is 10.0. The summed E-state index contributed by atoms with van der Waals surface area (Å²) in [5.41, 5.74) is 3.61. The number of anilines is 2. The molecule has 0 spiro atoms. The van der Waals surface area contributed by atoms with E-state index in [4.69, 9.17) is 28.1 Å². The number of carbonyl (C=O) groups excluding carboxylic acids is 1. The quantitative estimate of drug-likeness (QED) is 0.217. The molecule has 2 aliphatic heterocycles. The third kappa shape index (κ3) is 6.29. The number of amides is 1. The molecule has 5 aromatic rings. The maximum atomic E-state index is 13.4. The van der Waals surface area contributed by atoms with Crippen molar-refractivity contribution in [3.8, 4) is 0 Å². The van der Waals surface area contributed by atoms with E-state index >= 15 is 0 Å². The molecule has 1 fully saturated rings. The lowest BCUT2D eigenvalue weighted by Crippen LogP contribution is -2.56. The Morgan fingerprint density at radius 1 is 1.00 bits per heavy atom. The van der Waals surface area contributed by atoms with Gasteiger partial charge in [-0.2, -0.15) is 8.42 Å². The summed E-state index contributed by atoms with van der Waals surface area (Å²) in [5.74, 6) is 1.37. The Bertz CT molecular complexity index is 2180. The number of fused-ring (bicyclic) bond motifs is 2. The molecule has 12 nitrogen and oxygen atoms in total. The molecule has 1 saturated heterocycles. The van der Waals surface area contributed by atoms with Gasteiger partial charge in [0.25, 0.3) is 10.0 Å². The van der Waals surface area contributed by atoms with E-state index in [1.54, 1.807) is 30.0 Å². The minimum Gasteiger partial charge on any atom is -0.365 e. The van der Waals surface area contributed by atoms with Crippen LogP contribution in [0.15, 0.2) is 78.2 Å². The summed E-state index contributed by atoms with van der Waals surface area (Å²) in [6.45, 7) is 12.1. The molecule has 0 radical (unpaired) electrons. The Morgan fingerprint density at radius 2 is 1.82 bits per heavy atom. The second-order valence-corrected chi connectivity index (χ2v) is 14.4. The number of rotatable bonds is 8. The van der Waals surface area contributed by atoms with E-state index in [2.05, 4.69) is 42.9 Å². The van der Waals surface area contributed by atoms with Crippen LogP contribution >= 0.6 is 11.6 Å². The molecule has 0 aliphatic carbocycles. The number of carbonyl (C=O) groups is 1. The van der Waals surface area contributed by atoms with Gasteiger partial charge in [0.15, 0.2) is 0 Å². The predicted octanol–water partition coefficient (Wildman–Crippen LogP) is 4.42. The summed E-state index contributed by atoms with van der Waals surface area (Å²) in [6.07, 6.45) is 3.84. The molecule has 2 aromatic heterocycles. The van der Waals surface area contributed by atoms with Crippen LogP contribution < -0.4 is 9.80 Å². The van der Waals surface area contributed by atoms with Crippen LogP contribution in [0.4, 0.5) is 11.5 Å². The van der Waals surface area contributed by atoms with E-state index < -0.39 is 10.0 Å². The molecule has 1 atom stereocenters. The molecular weight excluding hydrogens is 662 g/mol. The van der Waals surface area contributed by atoms with Crippen LogP contribution in [0, 0.1) is 6.57 Å². The van der Waals surface area contributed by atoms with E-state index in [0.29, 0.717) is 61.9 Å². The lowest BCUT2D eigenvalue weighted by Gasteiger charge is -2.41. The third-order valence-electron chi connectivity index (χ3n) is 9.26. The first-order valence-corrected chi connectivity index (χ1v) is 17.9. The fourth-order valence-electron chi connectivity index (χ4n) is 6.93. The summed E-state index contributed by atoms with van der Waals surface area (Å²) in [6, 6.07) is 18.7.